The fourth-order valence-electron chi connectivity index (χ4n) is 2.80. The Morgan fingerprint density at radius 3 is 2.96 bits per heavy atom. The second kappa shape index (κ2) is 5.45. The second-order valence-corrected chi connectivity index (χ2v) is 5.59. The minimum absolute atomic E-state index is 0.0652. The van der Waals surface area contributed by atoms with Crippen molar-refractivity contribution < 1.29 is 9.50 Å². The molecule has 7 heteroatoms. The van der Waals surface area contributed by atoms with E-state index in [1.165, 1.54) is 12.1 Å². The molecule has 0 radical (unpaired) electrons. The number of aromatic amines is 1. The highest BCUT2D eigenvalue weighted by molar-refractivity contribution is 6.23. The Morgan fingerprint density at radius 2 is 2.17 bits per heavy atom. The number of nitrogens with one attached hydrogen (secondary N) is 2. The van der Waals surface area contributed by atoms with Crippen LogP contribution in [0.25, 0.3) is 16.6 Å². The molecule has 0 saturated heterocycles. The Labute approximate surface area is 136 Å². The summed E-state index contributed by atoms with van der Waals surface area (Å²) >= 11 is 0. The van der Waals surface area contributed by atoms with Gasteiger partial charge in [-0.3, -0.25) is 10.4 Å². The highest BCUT2D eigenvalue weighted by Gasteiger charge is 2.30. The molecule has 1 aliphatic rings. The quantitative estimate of drug-likeness (QED) is 0.691. The summed E-state index contributed by atoms with van der Waals surface area (Å²) in [5, 5.41) is 18.6. The van der Waals surface area contributed by atoms with Crippen molar-refractivity contribution in [2.75, 3.05) is 6.54 Å². The molecule has 0 aliphatic carbocycles. The fraction of sp³-hybridized carbons (Fsp3) is 0.118. The van der Waals surface area contributed by atoms with Crippen LogP contribution in [0.3, 0.4) is 0 Å². The Kier molecular flexibility index (Phi) is 3.26. The van der Waals surface area contributed by atoms with Gasteiger partial charge < -0.3 is 15.0 Å². The third-order valence-electron chi connectivity index (χ3n) is 3.94. The van der Waals surface area contributed by atoms with Gasteiger partial charge in [0.05, 0.1) is 35.4 Å². The zero-order valence-corrected chi connectivity index (χ0v) is 12.6. The molecule has 24 heavy (non-hydrogen) atoms. The van der Waals surface area contributed by atoms with Gasteiger partial charge in [0, 0.05) is 6.20 Å². The lowest BCUT2D eigenvalue weighted by Crippen LogP contribution is -2.26. The lowest BCUT2D eigenvalue weighted by Gasteiger charge is -2.17. The van der Waals surface area contributed by atoms with Crippen LogP contribution in [0.2, 0.25) is 0 Å². The number of aliphatic hydroxyl groups excluding tert-OH is 1. The summed E-state index contributed by atoms with van der Waals surface area (Å²) < 4.78 is 13.3. The normalized spacial score (nSPS) is 14.9. The van der Waals surface area contributed by atoms with Crippen LogP contribution in [0.1, 0.15) is 11.5 Å². The summed E-state index contributed by atoms with van der Waals surface area (Å²) in [5.74, 6) is 0.226. The number of aromatic nitrogens is 3. The number of fused-ring (bicyclic) bond motifs is 1. The van der Waals surface area contributed by atoms with Crippen molar-refractivity contribution in [3.8, 4) is 0 Å². The van der Waals surface area contributed by atoms with Crippen LogP contribution in [0.15, 0.2) is 48.4 Å². The Balaban J connectivity index is 1.64. The number of H-pyrrole nitrogens is 1. The summed E-state index contributed by atoms with van der Waals surface area (Å²) in [7, 11) is 0. The molecule has 0 amide bonds. The Hall–Kier alpha value is -3.22. The molecule has 3 heterocycles. The summed E-state index contributed by atoms with van der Waals surface area (Å²) in [6, 6.07) is 9.80. The van der Waals surface area contributed by atoms with Crippen molar-refractivity contribution in [1.29, 1.82) is 5.41 Å². The molecule has 1 aliphatic heterocycles. The monoisotopic (exact) mass is 323 g/mol. The average molecular weight is 323 g/mol. The minimum Gasteiger partial charge on any atom is -0.510 e. The van der Waals surface area contributed by atoms with E-state index >= 15 is 0 Å². The Bertz CT molecular complexity index is 964. The third-order valence-corrected chi connectivity index (χ3v) is 3.94. The molecule has 1 aromatic carbocycles. The average Bonchev–Trinajstić information content (AvgIpc) is 3.08. The molecule has 3 aromatic rings. The van der Waals surface area contributed by atoms with Gasteiger partial charge in [-0.2, -0.15) is 0 Å². The largest absolute Gasteiger partial charge is 0.510 e. The summed E-state index contributed by atoms with van der Waals surface area (Å²) in [4.78, 5) is 13.3. The SMILES string of the molecule is N=C1C(c2nc3ccc(F)cc3[nH]2)=C(O)CN1Cc1ccccn1. The molecule has 3 N–H and O–H groups in total. The molecule has 0 fully saturated rings. The van der Waals surface area contributed by atoms with Crippen LogP contribution < -0.4 is 0 Å². The van der Waals surface area contributed by atoms with Gasteiger partial charge in [-0.15, -0.1) is 0 Å². The number of nitrogens with zero attached hydrogens (tertiary/aromatic N) is 3. The molecule has 0 spiro atoms. The van der Waals surface area contributed by atoms with E-state index in [2.05, 4.69) is 15.0 Å². The summed E-state index contributed by atoms with van der Waals surface area (Å²) in [5.41, 5.74) is 2.26. The van der Waals surface area contributed by atoms with Crippen molar-refractivity contribution in [3.05, 3.63) is 65.7 Å². The first-order chi connectivity index (χ1) is 11.6. The maximum Gasteiger partial charge on any atom is 0.145 e. The van der Waals surface area contributed by atoms with Gasteiger partial charge in [0.1, 0.15) is 23.2 Å². The molecule has 4 rings (SSSR count). The smallest absolute Gasteiger partial charge is 0.145 e. The van der Waals surface area contributed by atoms with E-state index in [4.69, 9.17) is 5.41 Å². The molecule has 2 aromatic heterocycles. The van der Waals surface area contributed by atoms with Crippen LogP contribution in [0.4, 0.5) is 4.39 Å². The maximum absolute atomic E-state index is 13.3. The highest BCUT2D eigenvalue weighted by atomic mass is 19.1. The van der Waals surface area contributed by atoms with Gasteiger partial charge >= 0.3 is 0 Å². The number of rotatable bonds is 3. The predicted molar refractivity (Wildman–Crippen MR) is 88.0 cm³/mol. The molecular formula is C17H14FN5O. The van der Waals surface area contributed by atoms with Gasteiger partial charge in [0.25, 0.3) is 0 Å². The molecule has 0 bridgehead atoms. The first-order valence-electron chi connectivity index (χ1n) is 7.43. The number of amidine groups is 1. The van der Waals surface area contributed by atoms with Crippen LogP contribution in [0, 0.1) is 11.2 Å². The van der Waals surface area contributed by atoms with Crippen molar-refractivity contribution in [1.82, 2.24) is 19.9 Å². The van der Waals surface area contributed by atoms with Crippen LogP contribution in [-0.4, -0.2) is 37.3 Å². The third kappa shape index (κ3) is 2.40. The first kappa shape index (κ1) is 14.4. The van der Waals surface area contributed by atoms with Gasteiger partial charge in [-0.25, -0.2) is 9.37 Å². The van der Waals surface area contributed by atoms with E-state index < -0.39 is 0 Å². The van der Waals surface area contributed by atoms with Gasteiger partial charge in [-0.05, 0) is 30.3 Å². The number of imidazole rings is 1. The van der Waals surface area contributed by atoms with E-state index in [1.807, 2.05) is 18.2 Å². The number of halogens is 1. The molecule has 0 unspecified atom stereocenters. The molecule has 0 saturated carbocycles. The predicted octanol–water partition coefficient (Wildman–Crippen LogP) is 2.86. The van der Waals surface area contributed by atoms with Crippen molar-refractivity contribution in [2.45, 2.75) is 6.54 Å². The van der Waals surface area contributed by atoms with E-state index in [0.717, 1.165) is 5.69 Å². The number of pyridine rings is 1. The summed E-state index contributed by atoms with van der Waals surface area (Å²) in [6.45, 7) is 0.637. The Morgan fingerprint density at radius 1 is 1.29 bits per heavy atom. The molecule has 0 atom stereocenters. The van der Waals surface area contributed by atoms with Crippen molar-refractivity contribution >= 4 is 22.4 Å². The van der Waals surface area contributed by atoms with E-state index in [-0.39, 0.29) is 24.0 Å². The number of hydrogen-bond acceptors (Lipinski definition) is 4. The van der Waals surface area contributed by atoms with E-state index in [1.54, 1.807) is 17.2 Å². The number of aliphatic hydroxyl groups is 1. The van der Waals surface area contributed by atoms with Crippen molar-refractivity contribution in [2.24, 2.45) is 0 Å². The van der Waals surface area contributed by atoms with Crippen LogP contribution >= 0.6 is 0 Å². The standard InChI is InChI=1S/C17H14FN5O/c18-10-4-5-12-13(7-10)22-17(21-12)15-14(24)9-23(16(15)19)8-11-3-1-2-6-20-11/h1-7,19,24H,8-9H2,(H,21,22). The zero-order chi connectivity index (χ0) is 16.7. The minimum atomic E-state index is -0.367. The molecular weight excluding hydrogens is 309 g/mol. The first-order valence-corrected chi connectivity index (χ1v) is 7.43. The molecule has 6 nitrogen and oxygen atoms in total. The lowest BCUT2D eigenvalue weighted by atomic mass is 10.2. The zero-order valence-electron chi connectivity index (χ0n) is 12.6. The van der Waals surface area contributed by atoms with Gasteiger partial charge in [0.2, 0.25) is 0 Å². The topological polar surface area (TPSA) is 88.9 Å². The van der Waals surface area contributed by atoms with Crippen LogP contribution in [-0.2, 0) is 6.54 Å². The van der Waals surface area contributed by atoms with Crippen molar-refractivity contribution in [3.63, 3.8) is 0 Å². The molecule has 120 valence electrons. The van der Waals surface area contributed by atoms with Gasteiger partial charge in [0.15, 0.2) is 0 Å². The second-order valence-electron chi connectivity index (χ2n) is 5.59. The number of hydrogen-bond donors (Lipinski definition) is 3. The maximum atomic E-state index is 13.3. The van der Waals surface area contributed by atoms with E-state index in [0.29, 0.717) is 29.0 Å². The number of benzene rings is 1. The lowest BCUT2D eigenvalue weighted by molar-refractivity contribution is 0.345. The van der Waals surface area contributed by atoms with Crippen LogP contribution in [0.5, 0.6) is 0 Å². The van der Waals surface area contributed by atoms with E-state index in [9.17, 15) is 9.50 Å². The fourth-order valence-corrected chi connectivity index (χ4v) is 2.80. The summed E-state index contributed by atoms with van der Waals surface area (Å²) in [6.07, 6.45) is 1.69. The highest BCUT2D eigenvalue weighted by Crippen LogP contribution is 2.28. The van der Waals surface area contributed by atoms with Gasteiger partial charge in [-0.1, -0.05) is 6.07 Å².